The zero-order valence-corrected chi connectivity index (χ0v) is 8.43. The molecule has 0 saturated heterocycles. The molecular weight excluding hydrogens is 178 g/mol. The Morgan fingerprint density at radius 2 is 2.00 bits per heavy atom. The first-order valence-corrected chi connectivity index (χ1v) is 3.98. The predicted molar refractivity (Wildman–Crippen MR) is 51.5 cm³/mol. The molecule has 1 atom stereocenters. The van der Waals surface area contributed by atoms with Gasteiger partial charge in [-0.05, 0) is 24.8 Å². The van der Waals surface area contributed by atoms with Crippen molar-refractivity contribution in [1.82, 2.24) is 0 Å². The van der Waals surface area contributed by atoms with E-state index in [0.717, 1.165) is 6.42 Å². The Labute approximate surface area is 79.7 Å². The van der Waals surface area contributed by atoms with Crippen LogP contribution in [0.1, 0.15) is 26.7 Å². The van der Waals surface area contributed by atoms with Crippen molar-refractivity contribution < 1.29 is 9.90 Å². The predicted octanol–water partition coefficient (Wildman–Crippen LogP) is 1.50. The van der Waals surface area contributed by atoms with Crippen LogP contribution in [0.4, 0.5) is 0 Å². The van der Waals surface area contributed by atoms with Crippen molar-refractivity contribution in [2.75, 3.05) is 6.54 Å². The van der Waals surface area contributed by atoms with Crippen LogP contribution in [0.5, 0.6) is 0 Å². The van der Waals surface area contributed by atoms with Gasteiger partial charge in [0.15, 0.2) is 0 Å². The Kier molecular flexibility index (Phi) is 8.76. The fraction of sp³-hybridized carbons (Fsp3) is 0.875. The lowest BCUT2D eigenvalue weighted by Crippen LogP contribution is -2.19. The monoisotopic (exact) mass is 195 g/mol. The number of carboxylic acids is 1. The highest BCUT2D eigenvalue weighted by molar-refractivity contribution is 5.85. The molecule has 0 rings (SSSR count). The molecule has 12 heavy (non-hydrogen) atoms. The van der Waals surface area contributed by atoms with Crippen molar-refractivity contribution in [3.63, 3.8) is 0 Å². The summed E-state index contributed by atoms with van der Waals surface area (Å²) in [6.07, 6.45) is 1.11. The summed E-state index contributed by atoms with van der Waals surface area (Å²) >= 11 is 0. The van der Waals surface area contributed by atoms with Crippen molar-refractivity contribution in [3.8, 4) is 0 Å². The van der Waals surface area contributed by atoms with E-state index in [4.69, 9.17) is 10.8 Å². The minimum absolute atomic E-state index is 0. The first kappa shape index (κ1) is 14.3. The van der Waals surface area contributed by atoms with Gasteiger partial charge in [0.25, 0.3) is 0 Å². The third kappa shape index (κ3) is 7.82. The Morgan fingerprint density at radius 1 is 1.50 bits per heavy atom. The van der Waals surface area contributed by atoms with Gasteiger partial charge in [-0.15, -0.1) is 12.4 Å². The summed E-state index contributed by atoms with van der Waals surface area (Å²) in [4.78, 5) is 10.3. The second-order valence-corrected chi connectivity index (χ2v) is 3.33. The summed E-state index contributed by atoms with van der Waals surface area (Å²) in [6.45, 7) is 4.62. The first-order valence-electron chi connectivity index (χ1n) is 3.98. The fourth-order valence-electron chi connectivity index (χ4n) is 1.18. The molecule has 0 aromatic rings. The maximum absolute atomic E-state index is 10.3. The standard InChI is InChI=1S/C8H17NO2.ClH/c1-6(2)3-7(5-9)4-8(10)11;/h6-7H,3-5,9H2,1-2H3,(H,10,11);1H/t7-;/m1./s1. The molecule has 0 saturated carbocycles. The first-order chi connectivity index (χ1) is 5.06. The molecule has 0 amide bonds. The molecule has 0 spiro atoms. The third-order valence-electron chi connectivity index (χ3n) is 1.60. The van der Waals surface area contributed by atoms with Crippen LogP contribution in [0, 0.1) is 11.8 Å². The molecule has 3 nitrogen and oxygen atoms in total. The van der Waals surface area contributed by atoms with Gasteiger partial charge >= 0.3 is 5.97 Å². The molecule has 0 bridgehead atoms. The molecule has 0 aromatic carbocycles. The van der Waals surface area contributed by atoms with Crippen LogP contribution in [0.2, 0.25) is 0 Å². The summed E-state index contributed by atoms with van der Waals surface area (Å²) in [5.41, 5.74) is 5.41. The lowest BCUT2D eigenvalue weighted by molar-refractivity contribution is -0.138. The molecule has 0 aromatic heterocycles. The molecule has 0 aliphatic rings. The second kappa shape index (κ2) is 7.37. The zero-order valence-electron chi connectivity index (χ0n) is 7.62. The summed E-state index contributed by atoms with van der Waals surface area (Å²) in [5, 5.41) is 8.47. The highest BCUT2D eigenvalue weighted by Gasteiger charge is 2.12. The van der Waals surface area contributed by atoms with Gasteiger partial charge in [0.1, 0.15) is 0 Å². The van der Waals surface area contributed by atoms with Crippen molar-refractivity contribution in [3.05, 3.63) is 0 Å². The van der Waals surface area contributed by atoms with E-state index in [2.05, 4.69) is 13.8 Å². The van der Waals surface area contributed by atoms with Crippen LogP contribution >= 0.6 is 12.4 Å². The lowest BCUT2D eigenvalue weighted by Gasteiger charge is -2.13. The van der Waals surface area contributed by atoms with Gasteiger partial charge < -0.3 is 10.8 Å². The highest BCUT2D eigenvalue weighted by atomic mass is 35.5. The molecule has 0 aliphatic heterocycles. The van der Waals surface area contributed by atoms with Gasteiger partial charge in [-0.1, -0.05) is 13.8 Å². The number of aliphatic carboxylic acids is 1. The average Bonchev–Trinajstić information content (AvgIpc) is 1.84. The zero-order chi connectivity index (χ0) is 8.85. The van der Waals surface area contributed by atoms with E-state index in [1.54, 1.807) is 0 Å². The Balaban J connectivity index is 0. The summed E-state index contributed by atoms with van der Waals surface area (Å²) in [6, 6.07) is 0. The number of carboxylic acid groups (broad SMARTS) is 1. The summed E-state index contributed by atoms with van der Waals surface area (Å²) < 4.78 is 0. The lowest BCUT2D eigenvalue weighted by atomic mass is 9.94. The Bertz CT molecular complexity index is 128. The van der Waals surface area contributed by atoms with Gasteiger partial charge in [-0.3, -0.25) is 4.79 Å². The maximum atomic E-state index is 10.3. The summed E-state index contributed by atoms with van der Waals surface area (Å²) in [7, 11) is 0. The van der Waals surface area contributed by atoms with Crippen LogP contribution in [0.25, 0.3) is 0 Å². The minimum Gasteiger partial charge on any atom is -0.481 e. The number of halogens is 1. The van der Waals surface area contributed by atoms with Crippen molar-refractivity contribution in [2.24, 2.45) is 17.6 Å². The van der Waals surface area contributed by atoms with Crippen molar-refractivity contribution >= 4 is 18.4 Å². The average molecular weight is 196 g/mol. The number of hydrogen-bond donors (Lipinski definition) is 2. The van der Waals surface area contributed by atoms with Crippen LogP contribution in [0.15, 0.2) is 0 Å². The van der Waals surface area contributed by atoms with Crippen LogP contribution < -0.4 is 5.73 Å². The molecule has 0 radical (unpaired) electrons. The highest BCUT2D eigenvalue weighted by Crippen LogP contribution is 2.13. The number of carbonyl (C=O) groups is 1. The van der Waals surface area contributed by atoms with Crippen LogP contribution in [-0.2, 0) is 4.79 Å². The maximum Gasteiger partial charge on any atom is 0.303 e. The number of rotatable bonds is 5. The quantitative estimate of drug-likeness (QED) is 0.699. The molecular formula is C8H18ClNO2. The van der Waals surface area contributed by atoms with Crippen LogP contribution in [-0.4, -0.2) is 17.6 Å². The molecule has 3 N–H and O–H groups in total. The Morgan fingerprint density at radius 3 is 2.25 bits per heavy atom. The van der Waals surface area contributed by atoms with E-state index in [1.165, 1.54) is 0 Å². The van der Waals surface area contributed by atoms with Gasteiger partial charge in [0, 0.05) is 6.42 Å². The van der Waals surface area contributed by atoms with Gasteiger partial charge in [-0.25, -0.2) is 0 Å². The minimum atomic E-state index is -0.749. The SMILES string of the molecule is CC(C)C[C@@H](CN)CC(=O)O.Cl. The summed E-state index contributed by atoms with van der Waals surface area (Å²) in [5.74, 6) is -0.0727. The van der Waals surface area contributed by atoms with Gasteiger partial charge in [0.05, 0.1) is 0 Å². The third-order valence-corrected chi connectivity index (χ3v) is 1.60. The largest absolute Gasteiger partial charge is 0.481 e. The normalized spacial score (nSPS) is 12.3. The molecule has 0 unspecified atom stereocenters. The van der Waals surface area contributed by atoms with E-state index >= 15 is 0 Å². The molecule has 0 aliphatic carbocycles. The molecule has 74 valence electrons. The molecule has 0 fully saturated rings. The van der Waals surface area contributed by atoms with Crippen molar-refractivity contribution in [1.29, 1.82) is 0 Å². The molecule has 0 heterocycles. The second-order valence-electron chi connectivity index (χ2n) is 3.33. The topological polar surface area (TPSA) is 63.3 Å². The fourth-order valence-corrected chi connectivity index (χ4v) is 1.18. The van der Waals surface area contributed by atoms with Crippen LogP contribution in [0.3, 0.4) is 0 Å². The van der Waals surface area contributed by atoms with E-state index in [9.17, 15) is 4.79 Å². The number of nitrogens with two attached hydrogens (primary N) is 1. The van der Waals surface area contributed by atoms with Crippen molar-refractivity contribution in [2.45, 2.75) is 26.7 Å². The smallest absolute Gasteiger partial charge is 0.303 e. The van der Waals surface area contributed by atoms with Gasteiger partial charge in [-0.2, -0.15) is 0 Å². The van der Waals surface area contributed by atoms with E-state index in [-0.39, 0.29) is 24.7 Å². The number of hydrogen-bond acceptors (Lipinski definition) is 2. The molecule has 4 heteroatoms. The van der Waals surface area contributed by atoms with E-state index in [1.807, 2.05) is 0 Å². The van der Waals surface area contributed by atoms with E-state index in [0.29, 0.717) is 12.5 Å². The Hall–Kier alpha value is -0.280. The van der Waals surface area contributed by atoms with E-state index < -0.39 is 5.97 Å². The van der Waals surface area contributed by atoms with Gasteiger partial charge in [0.2, 0.25) is 0 Å².